The third kappa shape index (κ3) is 27.6. The van der Waals surface area contributed by atoms with Crippen LogP contribution >= 0.6 is 0 Å². The van der Waals surface area contributed by atoms with Crippen LogP contribution in [0.1, 0.15) is 206 Å². The molecule has 9 nitrogen and oxygen atoms in total. The zero-order valence-corrected chi connectivity index (χ0v) is 34.3. The molecule has 0 heterocycles. The molecule has 1 unspecified atom stereocenters. The molecular formula is C43H87N7O2. The predicted molar refractivity (Wildman–Crippen MR) is 224 cm³/mol. The number of guanidine groups is 1. The lowest BCUT2D eigenvalue weighted by Gasteiger charge is -2.34. The van der Waals surface area contributed by atoms with Crippen LogP contribution in [0.4, 0.5) is 0 Å². The molecule has 0 aliphatic rings. The minimum Gasteiger partial charge on any atom is -0.370 e. The Labute approximate surface area is 321 Å². The Morgan fingerprint density at radius 2 is 1.00 bits per heavy atom. The number of Topliss-reactive ketones (excluding diaryl/α,β-unsaturated/α-hetero) is 1. The minimum absolute atomic E-state index is 0.129. The fraction of sp³-hybridized carbons (Fsp3) is 0.884. The second-order valence-electron chi connectivity index (χ2n) is 15.5. The first-order valence-electron chi connectivity index (χ1n) is 22.1. The van der Waals surface area contributed by atoms with Gasteiger partial charge in [-0.1, -0.05) is 167 Å². The van der Waals surface area contributed by atoms with Gasteiger partial charge in [-0.05, 0) is 51.4 Å². The van der Waals surface area contributed by atoms with E-state index in [4.69, 9.17) is 28.3 Å². The van der Waals surface area contributed by atoms with Gasteiger partial charge in [0.1, 0.15) is 0 Å². The van der Waals surface area contributed by atoms with Gasteiger partial charge < -0.3 is 33.2 Å². The molecule has 0 aromatic heterocycles. The average Bonchev–Trinajstić information content (AvgIpc) is 3.14. The van der Waals surface area contributed by atoms with E-state index in [0.717, 1.165) is 38.5 Å². The van der Waals surface area contributed by atoms with Crippen LogP contribution < -0.4 is 28.3 Å². The molecule has 0 bridgehead atoms. The number of unbranched alkanes of at least 4 members (excludes halogenated alkanes) is 25. The molecule has 0 saturated carbocycles. The van der Waals surface area contributed by atoms with Gasteiger partial charge in [-0.3, -0.25) is 15.0 Å². The Kier molecular flexibility index (Phi) is 34.7. The van der Waals surface area contributed by atoms with Crippen molar-refractivity contribution in [1.29, 1.82) is 5.41 Å². The maximum absolute atomic E-state index is 13.9. The highest BCUT2D eigenvalue weighted by atomic mass is 16.2. The number of ketones is 1. The first kappa shape index (κ1) is 50.0. The number of nitrogens with two attached hydrogens (primary N) is 4. The molecule has 0 aromatic carbocycles. The van der Waals surface area contributed by atoms with Crippen molar-refractivity contribution in [3.63, 3.8) is 0 Å². The summed E-state index contributed by atoms with van der Waals surface area (Å²) in [5, 5.41) is 10.0. The molecule has 1 amide bonds. The van der Waals surface area contributed by atoms with Gasteiger partial charge in [0.15, 0.2) is 17.3 Å². The van der Waals surface area contributed by atoms with Crippen LogP contribution in [-0.4, -0.2) is 60.3 Å². The second-order valence-corrected chi connectivity index (χ2v) is 15.5. The van der Waals surface area contributed by atoms with Crippen LogP contribution in [0.5, 0.6) is 0 Å². The highest BCUT2D eigenvalue weighted by molar-refractivity contribution is 6.12. The van der Waals surface area contributed by atoms with Crippen LogP contribution in [0.25, 0.3) is 0 Å². The van der Waals surface area contributed by atoms with Gasteiger partial charge >= 0.3 is 0 Å². The summed E-state index contributed by atoms with van der Waals surface area (Å²) in [5.74, 6) is -1.02. The Balaban J connectivity index is 4.69. The van der Waals surface area contributed by atoms with Gasteiger partial charge in [-0.15, -0.1) is 0 Å². The second kappa shape index (κ2) is 36.0. The summed E-state index contributed by atoms with van der Waals surface area (Å²) >= 11 is 0. The predicted octanol–water partition coefficient (Wildman–Crippen LogP) is 9.15. The molecule has 0 aromatic rings. The molecule has 0 aliphatic carbocycles. The number of rotatable bonds is 39. The molecule has 0 aliphatic heterocycles. The van der Waals surface area contributed by atoms with E-state index in [1.54, 1.807) is 4.90 Å². The lowest BCUT2D eigenvalue weighted by atomic mass is 9.87. The Bertz CT molecular complexity index is 884. The normalized spacial score (nSPS) is 13.3. The molecule has 0 spiro atoms. The standard InChI is InChI=1S/C43H87N7O2/c1-3-5-7-9-11-13-15-17-19-20-22-24-26-28-30-32-37-50(36-31-29-27-25-23-21-18-16-14-12-10-8-6-4-2)41(52)43(48,38-44)40(51)39(45)34-33-35-49-42(46)47/h17,19,39H,3-16,18,20-38,44-45,48H2,1-2H3,(H4,46,47,49)/b19-17-/t39-,43?/m0/s1. The fourth-order valence-electron chi connectivity index (χ4n) is 6.94. The summed E-state index contributed by atoms with van der Waals surface area (Å²) in [7, 11) is 0. The summed E-state index contributed by atoms with van der Waals surface area (Å²) < 4.78 is 0. The van der Waals surface area contributed by atoms with Crippen molar-refractivity contribution in [2.24, 2.45) is 22.9 Å². The minimum atomic E-state index is -1.83. The van der Waals surface area contributed by atoms with E-state index < -0.39 is 17.4 Å². The number of hydrogen-bond acceptors (Lipinski definition) is 6. The van der Waals surface area contributed by atoms with Crippen molar-refractivity contribution < 1.29 is 9.59 Å². The Morgan fingerprint density at radius 3 is 1.37 bits per heavy atom. The van der Waals surface area contributed by atoms with Crippen molar-refractivity contribution in [3.05, 3.63) is 12.2 Å². The SMILES string of the molecule is CCCCCCCC/C=C\CCCCCCCCN(CCCCCCCCCCCCCCCC)C(=O)C(N)(CN)C(=O)[C@@H](N)CCCNC(=N)N. The van der Waals surface area contributed by atoms with E-state index >= 15 is 0 Å². The summed E-state index contributed by atoms with van der Waals surface area (Å²) in [6.45, 7) is 5.86. The molecule has 0 rings (SSSR count). The highest BCUT2D eigenvalue weighted by Gasteiger charge is 2.45. The van der Waals surface area contributed by atoms with Crippen LogP contribution in [-0.2, 0) is 9.59 Å². The molecule has 0 fully saturated rings. The van der Waals surface area contributed by atoms with Crippen molar-refractivity contribution in [1.82, 2.24) is 10.2 Å². The summed E-state index contributed by atoms with van der Waals surface area (Å²) in [5.41, 5.74) is 22.3. The molecule has 9 heteroatoms. The third-order valence-electron chi connectivity index (χ3n) is 10.5. The van der Waals surface area contributed by atoms with Gasteiger partial charge in [0, 0.05) is 26.2 Å². The van der Waals surface area contributed by atoms with Gasteiger partial charge in [0.25, 0.3) is 5.91 Å². The highest BCUT2D eigenvalue weighted by Crippen LogP contribution is 2.17. The zero-order chi connectivity index (χ0) is 38.5. The summed E-state index contributed by atoms with van der Waals surface area (Å²) in [6.07, 6.45) is 40.7. The van der Waals surface area contributed by atoms with Crippen LogP contribution in [0.15, 0.2) is 12.2 Å². The number of carbonyl (C=O) groups excluding carboxylic acids is 2. The van der Waals surface area contributed by atoms with E-state index in [1.165, 1.54) is 141 Å². The van der Waals surface area contributed by atoms with Crippen LogP contribution in [0.3, 0.4) is 0 Å². The summed E-state index contributed by atoms with van der Waals surface area (Å²) in [4.78, 5) is 29.1. The molecule has 0 radical (unpaired) electrons. The number of hydrogen-bond donors (Lipinski definition) is 6. The fourth-order valence-corrected chi connectivity index (χ4v) is 6.94. The molecule has 2 atom stereocenters. The first-order chi connectivity index (χ1) is 25.2. The molecule has 0 saturated heterocycles. The average molecular weight is 734 g/mol. The van der Waals surface area contributed by atoms with E-state index in [1.807, 2.05) is 0 Å². The topological polar surface area (TPSA) is 177 Å². The number of nitrogens with one attached hydrogen (secondary N) is 2. The lowest BCUT2D eigenvalue weighted by molar-refractivity contribution is -0.143. The molecule has 10 N–H and O–H groups in total. The van der Waals surface area contributed by atoms with E-state index in [-0.39, 0.29) is 18.4 Å². The smallest absolute Gasteiger partial charge is 0.251 e. The monoisotopic (exact) mass is 734 g/mol. The number of nitrogens with zero attached hydrogens (tertiary/aromatic N) is 1. The molecule has 52 heavy (non-hydrogen) atoms. The van der Waals surface area contributed by atoms with Gasteiger partial charge in [0.2, 0.25) is 0 Å². The first-order valence-corrected chi connectivity index (χ1v) is 22.1. The molecular weight excluding hydrogens is 647 g/mol. The maximum atomic E-state index is 13.9. The van der Waals surface area contributed by atoms with Gasteiger partial charge in [-0.2, -0.15) is 0 Å². The van der Waals surface area contributed by atoms with E-state index in [0.29, 0.717) is 32.5 Å². The quantitative estimate of drug-likeness (QED) is 0.0120. The van der Waals surface area contributed by atoms with Crippen molar-refractivity contribution in [2.45, 2.75) is 218 Å². The number of allylic oxidation sites excluding steroid dienone is 2. The van der Waals surface area contributed by atoms with E-state index in [9.17, 15) is 9.59 Å². The summed E-state index contributed by atoms with van der Waals surface area (Å²) in [6, 6.07) is -0.903. The Morgan fingerprint density at radius 1 is 0.635 bits per heavy atom. The number of amides is 1. The van der Waals surface area contributed by atoms with Crippen molar-refractivity contribution in [2.75, 3.05) is 26.2 Å². The third-order valence-corrected chi connectivity index (χ3v) is 10.5. The van der Waals surface area contributed by atoms with Crippen molar-refractivity contribution in [3.8, 4) is 0 Å². The molecule has 306 valence electrons. The maximum Gasteiger partial charge on any atom is 0.251 e. The number of carbonyl (C=O) groups is 2. The zero-order valence-electron chi connectivity index (χ0n) is 34.3. The van der Waals surface area contributed by atoms with Gasteiger partial charge in [0.05, 0.1) is 6.04 Å². The largest absolute Gasteiger partial charge is 0.370 e. The van der Waals surface area contributed by atoms with Crippen LogP contribution in [0.2, 0.25) is 0 Å². The lowest BCUT2D eigenvalue weighted by Crippen LogP contribution is -2.68. The van der Waals surface area contributed by atoms with Crippen molar-refractivity contribution >= 4 is 17.6 Å². The van der Waals surface area contributed by atoms with E-state index in [2.05, 4.69) is 31.3 Å². The van der Waals surface area contributed by atoms with Gasteiger partial charge in [-0.25, -0.2) is 0 Å². The van der Waals surface area contributed by atoms with Crippen LogP contribution in [0, 0.1) is 5.41 Å². The Hall–Kier alpha value is -1.97.